The second-order valence-corrected chi connectivity index (χ2v) is 7.56. The van der Waals surface area contributed by atoms with Crippen LogP contribution in [0.1, 0.15) is 12.0 Å². The van der Waals surface area contributed by atoms with Crippen molar-refractivity contribution in [3.63, 3.8) is 0 Å². The van der Waals surface area contributed by atoms with Crippen LogP contribution in [-0.4, -0.2) is 75.7 Å². The van der Waals surface area contributed by atoms with Crippen molar-refractivity contribution in [3.8, 4) is 17.2 Å². The number of hydrogen-bond acceptors (Lipinski definition) is 6. The lowest BCUT2D eigenvalue weighted by Gasteiger charge is -2.34. The predicted molar refractivity (Wildman–Crippen MR) is 123 cm³/mol. The van der Waals surface area contributed by atoms with Crippen molar-refractivity contribution in [2.75, 3.05) is 59.4 Å². The van der Waals surface area contributed by atoms with E-state index < -0.39 is 0 Å². The number of carbonyl (C=O) groups is 2. The minimum absolute atomic E-state index is 0.0449. The molecule has 0 bridgehead atoms. The second kappa shape index (κ2) is 11.4. The summed E-state index contributed by atoms with van der Waals surface area (Å²) in [6, 6.07) is 13.1. The minimum Gasteiger partial charge on any atom is -0.493 e. The molecular formula is C24H31N3O5. The summed E-state index contributed by atoms with van der Waals surface area (Å²) in [6.07, 6.45) is 0.919. The highest BCUT2D eigenvalue weighted by molar-refractivity contribution is 5.92. The molecule has 2 aromatic carbocycles. The van der Waals surface area contributed by atoms with Crippen LogP contribution in [0, 0.1) is 0 Å². The third-order valence-electron chi connectivity index (χ3n) is 5.54. The Morgan fingerprint density at radius 2 is 1.56 bits per heavy atom. The molecule has 1 fully saturated rings. The second-order valence-electron chi connectivity index (χ2n) is 7.56. The molecular weight excluding hydrogens is 410 g/mol. The van der Waals surface area contributed by atoms with Crippen molar-refractivity contribution in [2.24, 2.45) is 0 Å². The fourth-order valence-electron chi connectivity index (χ4n) is 3.84. The smallest absolute Gasteiger partial charge is 0.238 e. The number of piperazine rings is 1. The van der Waals surface area contributed by atoms with Crippen LogP contribution >= 0.6 is 0 Å². The van der Waals surface area contributed by atoms with Gasteiger partial charge in [-0.3, -0.25) is 14.5 Å². The maximum atomic E-state index is 12.8. The van der Waals surface area contributed by atoms with Gasteiger partial charge in [-0.2, -0.15) is 0 Å². The topological polar surface area (TPSA) is 80.3 Å². The molecule has 0 spiro atoms. The van der Waals surface area contributed by atoms with Gasteiger partial charge in [-0.05, 0) is 30.2 Å². The summed E-state index contributed by atoms with van der Waals surface area (Å²) < 4.78 is 16.2. The fourth-order valence-corrected chi connectivity index (χ4v) is 3.84. The zero-order valence-electron chi connectivity index (χ0n) is 18.9. The van der Waals surface area contributed by atoms with Crippen LogP contribution < -0.4 is 19.5 Å². The van der Waals surface area contributed by atoms with Crippen molar-refractivity contribution in [3.05, 3.63) is 48.0 Å². The van der Waals surface area contributed by atoms with Crippen molar-refractivity contribution >= 4 is 17.5 Å². The average molecular weight is 442 g/mol. The molecule has 1 aliphatic rings. The average Bonchev–Trinajstić information content (AvgIpc) is 2.82. The van der Waals surface area contributed by atoms with E-state index in [-0.39, 0.29) is 11.8 Å². The van der Waals surface area contributed by atoms with Crippen LogP contribution in [0.25, 0.3) is 0 Å². The van der Waals surface area contributed by atoms with Gasteiger partial charge in [0.2, 0.25) is 17.6 Å². The lowest BCUT2D eigenvalue weighted by Crippen LogP contribution is -2.50. The van der Waals surface area contributed by atoms with Crippen LogP contribution in [-0.2, 0) is 16.0 Å². The Hall–Kier alpha value is -3.26. The first-order chi connectivity index (χ1) is 15.5. The number of rotatable bonds is 9. The highest BCUT2D eigenvalue weighted by atomic mass is 16.5. The molecule has 8 heteroatoms. The highest BCUT2D eigenvalue weighted by Crippen LogP contribution is 2.40. The Morgan fingerprint density at radius 3 is 2.19 bits per heavy atom. The molecule has 172 valence electrons. The van der Waals surface area contributed by atoms with E-state index in [2.05, 4.69) is 10.2 Å². The number of nitrogens with one attached hydrogen (secondary N) is 1. The molecule has 1 aliphatic heterocycles. The first-order valence-corrected chi connectivity index (χ1v) is 10.7. The molecule has 0 unspecified atom stereocenters. The van der Waals surface area contributed by atoms with E-state index in [1.54, 1.807) is 21.3 Å². The number of ether oxygens (including phenoxy) is 3. The van der Waals surface area contributed by atoms with E-state index in [0.29, 0.717) is 62.8 Å². The van der Waals surface area contributed by atoms with Gasteiger partial charge in [0.05, 0.1) is 27.9 Å². The number of para-hydroxylation sites is 1. The highest BCUT2D eigenvalue weighted by Gasteiger charge is 2.23. The van der Waals surface area contributed by atoms with Crippen molar-refractivity contribution in [1.82, 2.24) is 9.80 Å². The predicted octanol–water partition coefficient (Wildman–Crippen LogP) is 2.43. The van der Waals surface area contributed by atoms with E-state index in [4.69, 9.17) is 14.2 Å². The zero-order valence-corrected chi connectivity index (χ0v) is 18.9. The summed E-state index contributed by atoms with van der Waals surface area (Å²) in [6.45, 7) is 2.89. The van der Waals surface area contributed by atoms with Gasteiger partial charge in [-0.1, -0.05) is 24.3 Å². The van der Waals surface area contributed by atoms with Gasteiger partial charge < -0.3 is 24.4 Å². The number of carbonyl (C=O) groups excluding carboxylic acids is 2. The molecule has 0 saturated carbocycles. The third kappa shape index (κ3) is 5.91. The number of aryl methyl sites for hydroxylation is 1. The van der Waals surface area contributed by atoms with Gasteiger partial charge in [0.1, 0.15) is 0 Å². The SMILES string of the molecule is COc1ccc(CCC(=O)N2CCN(CC(=O)Nc3ccccc3)CC2)c(OC)c1OC. The van der Waals surface area contributed by atoms with Gasteiger partial charge >= 0.3 is 0 Å². The van der Waals surface area contributed by atoms with Crippen molar-refractivity contribution < 1.29 is 23.8 Å². The van der Waals surface area contributed by atoms with E-state index in [9.17, 15) is 9.59 Å². The Kier molecular flexibility index (Phi) is 8.33. The van der Waals surface area contributed by atoms with Gasteiger partial charge in [0, 0.05) is 38.3 Å². The summed E-state index contributed by atoms with van der Waals surface area (Å²) in [5, 5.41) is 2.90. The zero-order chi connectivity index (χ0) is 22.9. The molecule has 0 aliphatic carbocycles. The number of methoxy groups -OCH3 is 3. The van der Waals surface area contributed by atoms with Crippen molar-refractivity contribution in [1.29, 1.82) is 0 Å². The lowest BCUT2D eigenvalue weighted by molar-refractivity contribution is -0.133. The molecule has 32 heavy (non-hydrogen) atoms. The summed E-state index contributed by atoms with van der Waals surface area (Å²) in [5.74, 6) is 1.76. The van der Waals surface area contributed by atoms with Gasteiger partial charge in [0.15, 0.2) is 11.5 Å². The van der Waals surface area contributed by atoms with E-state index in [1.165, 1.54) is 0 Å². The molecule has 3 rings (SSSR count). The Morgan fingerprint density at radius 1 is 0.875 bits per heavy atom. The molecule has 0 radical (unpaired) electrons. The quantitative estimate of drug-likeness (QED) is 0.644. The fraction of sp³-hybridized carbons (Fsp3) is 0.417. The molecule has 1 heterocycles. The molecule has 2 amide bonds. The number of nitrogens with zero attached hydrogens (tertiary/aromatic N) is 2. The molecule has 8 nitrogen and oxygen atoms in total. The van der Waals surface area contributed by atoms with Gasteiger partial charge in [0.25, 0.3) is 0 Å². The number of anilines is 1. The largest absolute Gasteiger partial charge is 0.493 e. The Labute approximate surface area is 189 Å². The van der Waals surface area contributed by atoms with Crippen LogP contribution in [0.4, 0.5) is 5.69 Å². The van der Waals surface area contributed by atoms with E-state index in [0.717, 1.165) is 11.3 Å². The third-order valence-corrected chi connectivity index (χ3v) is 5.54. The Bertz CT molecular complexity index is 911. The normalized spacial score (nSPS) is 14.0. The minimum atomic E-state index is -0.0449. The van der Waals surface area contributed by atoms with Gasteiger partial charge in [-0.15, -0.1) is 0 Å². The standard InChI is InChI=1S/C24H31N3O5/c1-30-20-11-9-18(23(31-2)24(20)32-3)10-12-22(29)27-15-13-26(14-16-27)17-21(28)25-19-7-5-4-6-8-19/h4-9,11H,10,12-17H2,1-3H3,(H,25,28). The van der Waals surface area contributed by atoms with E-state index >= 15 is 0 Å². The van der Waals surface area contributed by atoms with Crippen LogP contribution in [0.3, 0.4) is 0 Å². The maximum Gasteiger partial charge on any atom is 0.238 e. The first kappa shape index (κ1) is 23.4. The summed E-state index contributed by atoms with van der Waals surface area (Å²) in [7, 11) is 4.72. The molecule has 0 atom stereocenters. The monoisotopic (exact) mass is 441 g/mol. The maximum absolute atomic E-state index is 12.8. The number of amides is 2. The number of hydrogen-bond donors (Lipinski definition) is 1. The van der Waals surface area contributed by atoms with Crippen molar-refractivity contribution in [2.45, 2.75) is 12.8 Å². The summed E-state index contributed by atoms with van der Waals surface area (Å²) >= 11 is 0. The Balaban J connectivity index is 1.47. The van der Waals surface area contributed by atoms with Crippen LogP contribution in [0.15, 0.2) is 42.5 Å². The first-order valence-electron chi connectivity index (χ1n) is 10.7. The summed E-state index contributed by atoms with van der Waals surface area (Å²) in [5.41, 5.74) is 1.69. The summed E-state index contributed by atoms with van der Waals surface area (Å²) in [4.78, 5) is 28.9. The lowest BCUT2D eigenvalue weighted by atomic mass is 10.1. The molecule has 2 aromatic rings. The molecule has 1 N–H and O–H groups in total. The molecule has 0 aromatic heterocycles. The molecule has 1 saturated heterocycles. The van der Waals surface area contributed by atoms with Crippen LogP contribution in [0.5, 0.6) is 17.2 Å². The van der Waals surface area contributed by atoms with Gasteiger partial charge in [-0.25, -0.2) is 0 Å². The van der Waals surface area contributed by atoms with Crippen LogP contribution in [0.2, 0.25) is 0 Å². The number of benzene rings is 2. The van der Waals surface area contributed by atoms with E-state index in [1.807, 2.05) is 47.4 Å².